The van der Waals surface area contributed by atoms with Crippen LogP contribution in [0.4, 0.5) is 0 Å². The number of fused-ring (bicyclic) bond motifs is 1. The summed E-state index contributed by atoms with van der Waals surface area (Å²) in [5, 5.41) is 20.1. The number of phenols is 1. The summed E-state index contributed by atoms with van der Waals surface area (Å²) in [4.78, 5) is 10.9. The Morgan fingerprint density at radius 2 is 1.95 bits per heavy atom. The van der Waals surface area contributed by atoms with Crippen LogP contribution in [0.15, 0.2) is 47.1 Å². The zero-order chi connectivity index (χ0) is 14.3. The lowest BCUT2D eigenvalue weighted by Crippen LogP contribution is -1.96. The highest BCUT2D eigenvalue weighted by Gasteiger charge is 2.13. The quantitative estimate of drug-likeness (QED) is 0.743. The van der Waals surface area contributed by atoms with E-state index >= 15 is 0 Å². The van der Waals surface area contributed by atoms with Crippen LogP contribution in [0.2, 0.25) is 5.02 Å². The maximum atomic E-state index is 10.9. The van der Waals surface area contributed by atoms with Gasteiger partial charge in [-0.2, -0.15) is 0 Å². The van der Waals surface area contributed by atoms with E-state index in [1.54, 1.807) is 30.5 Å². The largest absolute Gasteiger partial charge is 0.507 e. The highest BCUT2D eigenvalue weighted by Crippen LogP contribution is 2.34. The average molecular weight is 289 g/mol. The predicted molar refractivity (Wildman–Crippen MR) is 75.3 cm³/mol. The average Bonchev–Trinajstić information content (AvgIpc) is 2.85. The van der Waals surface area contributed by atoms with Crippen molar-refractivity contribution in [3.05, 3.63) is 53.2 Å². The first kappa shape index (κ1) is 12.6. The molecule has 0 aliphatic carbocycles. The molecule has 100 valence electrons. The minimum atomic E-state index is -1.18. The van der Waals surface area contributed by atoms with Crippen molar-refractivity contribution >= 4 is 28.5 Å². The van der Waals surface area contributed by atoms with Gasteiger partial charge in [0.05, 0.1) is 6.26 Å². The van der Waals surface area contributed by atoms with Gasteiger partial charge >= 0.3 is 5.97 Å². The third-order valence-electron chi connectivity index (χ3n) is 3.06. The van der Waals surface area contributed by atoms with Crippen molar-refractivity contribution in [1.82, 2.24) is 0 Å². The number of aromatic hydroxyl groups is 1. The van der Waals surface area contributed by atoms with Gasteiger partial charge in [-0.15, -0.1) is 0 Å². The van der Waals surface area contributed by atoms with E-state index in [1.165, 1.54) is 12.1 Å². The van der Waals surface area contributed by atoms with Crippen LogP contribution in [0.3, 0.4) is 0 Å². The standard InChI is InChI=1S/C15H9ClO4/c16-10-5-9-3-4-20-14(9)12(7-10)8-1-2-11(15(18)19)13(17)6-8/h1-7,17H,(H,18,19). The number of carboxylic acids is 1. The second-order valence-electron chi connectivity index (χ2n) is 4.33. The first-order chi connectivity index (χ1) is 9.56. The molecule has 0 unspecified atom stereocenters. The summed E-state index contributed by atoms with van der Waals surface area (Å²) in [6, 6.07) is 9.62. The molecule has 0 fully saturated rings. The van der Waals surface area contributed by atoms with Crippen LogP contribution >= 0.6 is 11.6 Å². The van der Waals surface area contributed by atoms with E-state index in [-0.39, 0.29) is 11.3 Å². The summed E-state index contributed by atoms with van der Waals surface area (Å²) in [7, 11) is 0. The SMILES string of the molecule is O=C(O)c1ccc(-c2cc(Cl)cc3ccoc23)cc1O. The highest BCUT2D eigenvalue weighted by atomic mass is 35.5. The van der Waals surface area contributed by atoms with Crippen molar-refractivity contribution in [3.63, 3.8) is 0 Å². The lowest BCUT2D eigenvalue weighted by atomic mass is 10.0. The first-order valence-corrected chi connectivity index (χ1v) is 6.17. The molecule has 0 aliphatic heterocycles. The van der Waals surface area contributed by atoms with E-state index in [4.69, 9.17) is 21.1 Å². The molecule has 3 aromatic rings. The molecule has 0 bridgehead atoms. The summed E-state index contributed by atoms with van der Waals surface area (Å²) < 4.78 is 5.42. The Balaban J connectivity index is 2.23. The minimum absolute atomic E-state index is 0.147. The third-order valence-corrected chi connectivity index (χ3v) is 3.27. The van der Waals surface area contributed by atoms with E-state index in [2.05, 4.69) is 0 Å². The summed E-state index contributed by atoms with van der Waals surface area (Å²) in [6.45, 7) is 0. The number of carboxylic acid groups (broad SMARTS) is 1. The minimum Gasteiger partial charge on any atom is -0.507 e. The Labute approximate surface area is 118 Å². The van der Waals surface area contributed by atoms with Crippen molar-refractivity contribution in [2.75, 3.05) is 0 Å². The van der Waals surface area contributed by atoms with Crippen molar-refractivity contribution < 1.29 is 19.4 Å². The van der Waals surface area contributed by atoms with Crippen LogP contribution in [0.5, 0.6) is 5.75 Å². The van der Waals surface area contributed by atoms with E-state index in [0.717, 1.165) is 5.39 Å². The molecular weight excluding hydrogens is 280 g/mol. The smallest absolute Gasteiger partial charge is 0.339 e. The van der Waals surface area contributed by atoms with Gasteiger partial charge in [-0.3, -0.25) is 0 Å². The van der Waals surface area contributed by atoms with Crippen LogP contribution in [-0.4, -0.2) is 16.2 Å². The summed E-state index contributed by atoms with van der Waals surface area (Å²) in [5.74, 6) is -1.47. The summed E-state index contributed by atoms with van der Waals surface area (Å²) >= 11 is 6.05. The molecule has 1 aromatic heterocycles. The molecule has 2 aromatic carbocycles. The zero-order valence-corrected chi connectivity index (χ0v) is 10.9. The lowest BCUT2D eigenvalue weighted by molar-refractivity contribution is 0.0694. The molecule has 0 aliphatic rings. The zero-order valence-electron chi connectivity index (χ0n) is 10.1. The summed E-state index contributed by atoms with van der Waals surface area (Å²) in [6.07, 6.45) is 1.55. The molecular formula is C15H9ClO4. The highest BCUT2D eigenvalue weighted by molar-refractivity contribution is 6.31. The molecule has 20 heavy (non-hydrogen) atoms. The molecule has 0 atom stereocenters. The monoisotopic (exact) mass is 288 g/mol. The van der Waals surface area contributed by atoms with Gasteiger partial charge < -0.3 is 14.6 Å². The third kappa shape index (κ3) is 2.00. The van der Waals surface area contributed by atoms with Gasteiger partial charge in [0, 0.05) is 16.0 Å². The van der Waals surface area contributed by atoms with Gasteiger partial charge in [0.25, 0.3) is 0 Å². The molecule has 5 heteroatoms. The Hall–Kier alpha value is -2.46. The normalized spacial score (nSPS) is 10.8. The van der Waals surface area contributed by atoms with Crippen molar-refractivity contribution in [2.45, 2.75) is 0 Å². The van der Waals surface area contributed by atoms with Crippen molar-refractivity contribution in [1.29, 1.82) is 0 Å². The predicted octanol–water partition coefficient (Wildman–Crippen LogP) is 4.16. The van der Waals surface area contributed by atoms with Gasteiger partial charge in [0.15, 0.2) is 0 Å². The van der Waals surface area contributed by atoms with Gasteiger partial charge in [-0.1, -0.05) is 17.7 Å². The molecule has 0 saturated heterocycles. The van der Waals surface area contributed by atoms with E-state index in [0.29, 0.717) is 21.7 Å². The molecule has 2 N–H and O–H groups in total. The Bertz CT molecular complexity index is 820. The topological polar surface area (TPSA) is 70.7 Å². The fourth-order valence-corrected chi connectivity index (χ4v) is 2.37. The van der Waals surface area contributed by atoms with Gasteiger partial charge in [0.1, 0.15) is 16.9 Å². The maximum absolute atomic E-state index is 10.9. The number of benzene rings is 2. The molecule has 0 amide bonds. The maximum Gasteiger partial charge on any atom is 0.339 e. The molecule has 3 rings (SSSR count). The molecule has 0 spiro atoms. The van der Waals surface area contributed by atoms with Crippen molar-refractivity contribution in [2.24, 2.45) is 0 Å². The van der Waals surface area contributed by atoms with Crippen LogP contribution < -0.4 is 0 Å². The van der Waals surface area contributed by atoms with E-state index in [1.807, 2.05) is 0 Å². The summed E-state index contributed by atoms with van der Waals surface area (Å²) in [5.41, 5.74) is 1.82. The van der Waals surface area contributed by atoms with Gasteiger partial charge in [0.2, 0.25) is 0 Å². The number of hydrogen-bond acceptors (Lipinski definition) is 3. The van der Waals surface area contributed by atoms with E-state index < -0.39 is 5.97 Å². The molecule has 0 saturated carbocycles. The first-order valence-electron chi connectivity index (χ1n) is 5.79. The van der Waals surface area contributed by atoms with Crippen LogP contribution in [0.25, 0.3) is 22.1 Å². The number of furan rings is 1. The molecule has 0 radical (unpaired) electrons. The lowest BCUT2D eigenvalue weighted by Gasteiger charge is -2.06. The van der Waals surface area contributed by atoms with E-state index in [9.17, 15) is 9.90 Å². The Morgan fingerprint density at radius 3 is 2.65 bits per heavy atom. The van der Waals surface area contributed by atoms with Crippen molar-refractivity contribution in [3.8, 4) is 16.9 Å². The Kier molecular flexibility index (Phi) is 2.88. The molecule has 1 heterocycles. The fourth-order valence-electron chi connectivity index (χ4n) is 2.14. The van der Waals surface area contributed by atoms with Crippen LogP contribution in [0.1, 0.15) is 10.4 Å². The number of aromatic carboxylic acids is 1. The number of rotatable bonds is 2. The Morgan fingerprint density at radius 1 is 1.15 bits per heavy atom. The second kappa shape index (κ2) is 4.58. The van der Waals surface area contributed by atoms with Gasteiger partial charge in [-0.05, 0) is 35.9 Å². The number of halogens is 1. The number of carbonyl (C=O) groups is 1. The van der Waals surface area contributed by atoms with Crippen LogP contribution in [0, 0.1) is 0 Å². The van der Waals surface area contributed by atoms with Crippen LogP contribution in [-0.2, 0) is 0 Å². The second-order valence-corrected chi connectivity index (χ2v) is 4.77. The fraction of sp³-hybridized carbons (Fsp3) is 0. The van der Waals surface area contributed by atoms with Gasteiger partial charge in [-0.25, -0.2) is 4.79 Å². The molecule has 4 nitrogen and oxygen atoms in total. The number of hydrogen-bond donors (Lipinski definition) is 2.